The molecule has 0 radical (unpaired) electrons. The maximum absolute atomic E-state index is 12.8. The molecule has 4 N–H and O–H groups in total. The van der Waals surface area contributed by atoms with Crippen molar-refractivity contribution in [3.63, 3.8) is 0 Å². The van der Waals surface area contributed by atoms with E-state index in [9.17, 15) is 28.2 Å². The van der Waals surface area contributed by atoms with Gasteiger partial charge in [0.15, 0.2) is 0 Å². The van der Waals surface area contributed by atoms with Crippen LogP contribution in [-0.4, -0.2) is 20.2 Å². The predicted molar refractivity (Wildman–Crippen MR) is 58.6 cm³/mol. The third-order valence-electron chi connectivity index (χ3n) is 2.57. The molecule has 2 rings (SSSR count). The van der Waals surface area contributed by atoms with Gasteiger partial charge in [0, 0.05) is 0 Å². The van der Waals surface area contributed by atoms with Gasteiger partial charge in [-0.3, -0.25) is 4.98 Å². The third-order valence-corrected chi connectivity index (χ3v) is 2.57. The normalized spacial score (nSPS) is 13.5. The number of aromatic nitrogens is 2. The van der Waals surface area contributed by atoms with Crippen molar-refractivity contribution in [2.75, 3.05) is 0 Å². The summed E-state index contributed by atoms with van der Waals surface area (Å²) in [4.78, 5) is 14.9. The molecule has 0 aliphatic carbocycles. The highest BCUT2D eigenvalue weighted by atomic mass is 19.4. The topological polar surface area (TPSA) is 89.1 Å². The van der Waals surface area contributed by atoms with Crippen molar-refractivity contribution in [3.05, 3.63) is 51.6 Å². The summed E-state index contributed by atoms with van der Waals surface area (Å²) in [6, 6.07) is 4.37. The molecule has 0 fully saturated rings. The fourth-order valence-corrected chi connectivity index (χ4v) is 1.73. The molecule has 0 saturated heterocycles. The Morgan fingerprint density at radius 1 is 1.16 bits per heavy atom. The zero-order valence-electron chi connectivity index (χ0n) is 9.32. The van der Waals surface area contributed by atoms with Gasteiger partial charge in [0.1, 0.15) is 11.8 Å². The second-order valence-corrected chi connectivity index (χ2v) is 3.83. The van der Waals surface area contributed by atoms with Crippen LogP contribution in [0.3, 0.4) is 0 Å². The predicted octanol–water partition coefficient (Wildman–Crippen LogP) is 1.51. The van der Waals surface area contributed by atoms with E-state index >= 15 is 0 Å². The quantitative estimate of drug-likeness (QED) is 0.669. The summed E-state index contributed by atoms with van der Waals surface area (Å²) in [5.41, 5.74) is -2.73. The van der Waals surface area contributed by atoms with Gasteiger partial charge in [-0.05, 0) is 11.6 Å². The van der Waals surface area contributed by atoms with Gasteiger partial charge in [0.05, 0.1) is 5.56 Å². The number of halogens is 3. The summed E-state index contributed by atoms with van der Waals surface area (Å²) in [6.45, 7) is 0. The fourth-order valence-electron chi connectivity index (χ4n) is 1.73. The number of hydrogen-bond acceptors (Lipinski definition) is 3. The summed E-state index contributed by atoms with van der Waals surface area (Å²) in [7, 11) is 0. The van der Waals surface area contributed by atoms with Crippen molar-refractivity contribution in [2.45, 2.75) is 12.3 Å². The zero-order chi connectivity index (χ0) is 14.2. The third kappa shape index (κ3) is 2.48. The molecule has 0 aliphatic heterocycles. The first-order valence-corrected chi connectivity index (χ1v) is 5.16. The molecule has 0 aliphatic rings. The number of alkyl halides is 3. The molecule has 1 heterocycles. The fraction of sp³-hybridized carbons (Fsp3) is 0.182. The van der Waals surface area contributed by atoms with E-state index in [4.69, 9.17) is 0 Å². The van der Waals surface area contributed by atoms with Gasteiger partial charge in [-0.1, -0.05) is 18.2 Å². The summed E-state index contributed by atoms with van der Waals surface area (Å²) < 4.78 is 38.3. The average molecular weight is 274 g/mol. The molecule has 0 saturated carbocycles. The lowest BCUT2D eigenvalue weighted by Crippen LogP contribution is -2.13. The maximum atomic E-state index is 12.8. The summed E-state index contributed by atoms with van der Waals surface area (Å²) in [5, 5.41) is 19.2. The van der Waals surface area contributed by atoms with Crippen molar-refractivity contribution in [2.24, 2.45) is 0 Å². The molecular weight excluding hydrogens is 265 g/mol. The maximum Gasteiger partial charge on any atom is 0.416 e. The molecule has 1 aromatic heterocycles. The van der Waals surface area contributed by atoms with Gasteiger partial charge in [0.25, 0.3) is 0 Å². The standard InChI is InChI=1S/C11H9F3N2O3/c12-11(13,14)6-4-2-1-3-5(6)8(17)7-9(18)16-10(19)15-7/h1-4,8,17-18H,(H2,15,16,19). The number of aromatic hydroxyl groups is 1. The number of H-pyrrole nitrogens is 2. The van der Waals surface area contributed by atoms with Gasteiger partial charge in [-0.15, -0.1) is 0 Å². The van der Waals surface area contributed by atoms with Crippen LogP contribution < -0.4 is 5.69 Å². The van der Waals surface area contributed by atoms with Gasteiger partial charge >= 0.3 is 11.9 Å². The van der Waals surface area contributed by atoms with Gasteiger partial charge in [-0.2, -0.15) is 13.2 Å². The van der Waals surface area contributed by atoms with E-state index in [1.165, 1.54) is 12.1 Å². The molecular formula is C11H9F3N2O3. The van der Waals surface area contributed by atoms with E-state index in [-0.39, 0.29) is 0 Å². The largest absolute Gasteiger partial charge is 0.493 e. The number of hydrogen-bond donors (Lipinski definition) is 4. The van der Waals surface area contributed by atoms with E-state index < -0.39 is 40.7 Å². The first-order valence-electron chi connectivity index (χ1n) is 5.16. The minimum absolute atomic E-state index is 0.415. The molecule has 8 heteroatoms. The van der Waals surface area contributed by atoms with Crippen LogP contribution in [0.25, 0.3) is 0 Å². The molecule has 1 unspecified atom stereocenters. The zero-order valence-corrected chi connectivity index (χ0v) is 9.32. The number of imidazole rings is 1. The molecule has 1 aromatic carbocycles. The summed E-state index contributed by atoms with van der Waals surface area (Å²) in [6.07, 6.45) is -6.44. The van der Waals surface area contributed by atoms with Crippen molar-refractivity contribution in [3.8, 4) is 5.88 Å². The number of rotatable bonds is 2. The van der Waals surface area contributed by atoms with Crippen LogP contribution in [0.2, 0.25) is 0 Å². The monoisotopic (exact) mass is 274 g/mol. The van der Waals surface area contributed by atoms with E-state index in [2.05, 4.69) is 0 Å². The van der Waals surface area contributed by atoms with Crippen LogP contribution in [0.15, 0.2) is 29.1 Å². The lowest BCUT2D eigenvalue weighted by atomic mass is 10.00. The van der Waals surface area contributed by atoms with Gasteiger partial charge in [-0.25, -0.2) is 4.79 Å². The first kappa shape index (κ1) is 13.2. The van der Waals surface area contributed by atoms with E-state index in [0.29, 0.717) is 0 Å². The average Bonchev–Trinajstić information content (AvgIpc) is 2.66. The number of aliphatic hydroxyl groups is 1. The van der Waals surface area contributed by atoms with Crippen molar-refractivity contribution in [1.82, 2.24) is 9.97 Å². The smallest absolute Gasteiger partial charge is 0.416 e. The lowest BCUT2D eigenvalue weighted by Gasteiger charge is -2.16. The summed E-state index contributed by atoms with van der Waals surface area (Å²) >= 11 is 0. The minimum atomic E-state index is -4.65. The van der Waals surface area contributed by atoms with E-state index in [1.807, 2.05) is 9.97 Å². The number of benzene rings is 1. The minimum Gasteiger partial charge on any atom is -0.493 e. The van der Waals surface area contributed by atoms with Gasteiger partial charge < -0.3 is 15.2 Å². The summed E-state index contributed by atoms with van der Waals surface area (Å²) in [5.74, 6) is -0.700. The molecule has 0 bridgehead atoms. The molecule has 0 spiro atoms. The van der Waals surface area contributed by atoms with Crippen LogP contribution in [0.1, 0.15) is 22.9 Å². The molecule has 5 nitrogen and oxygen atoms in total. The van der Waals surface area contributed by atoms with Crippen LogP contribution in [-0.2, 0) is 6.18 Å². The number of nitrogens with one attached hydrogen (secondary N) is 2. The van der Waals surface area contributed by atoms with Crippen LogP contribution in [0.4, 0.5) is 13.2 Å². The highest BCUT2D eigenvalue weighted by Gasteiger charge is 2.35. The van der Waals surface area contributed by atoms with Crippen molar-refractivity contribution < 1.29 is 23.4 Å². The van der Waals surface area contributed by atoms with Crippen LogP contribution in [0.5, 0.6) is 5.88 Å². The Bertz CT molecular complexity index is 645. The number of aromatic amines is 2. The van der Waals surface area contributed by atoms with Crippen molar-refractivity contribution in [1.29, 1.82) is 0 Å². The van der Waals surface area contributed by atoms with Crippen molar-refractivity contribution >= 4 is 0 Å². The Hall–Kier alpha value is -2.22. The molecule has 102 valence electrons. The van der Waals surface area contributed by atoms with Crippen LogP contribution >= 0.6 is 0 Å². The second-order valence-electron chi connectivity index (χ2n) is 3.83. The highest BCUT2D eigenvalue weighted by Crippen LogP contribution is 2.36. The first-order chi connectivity index (χ1) is 8.80. The Balaban J connectivity index is 2.54. The van der Waals surface area contributed by atoms with E-state index in [0.717, 1.165) is 12.1 Å². The Labute approximate surface area is 104 Å². The Morgan fingerprint density at radius 3 is 2.32 bits per heavy atom. The Kier molecular flexibility index (Phi) is 3.11. The SMILES string of the molecule is O=c1[nH]c(O)c(C(O)c2ccccc2C(F)(F)F)[nH]1. The van der Waals surface area contributed by atoms with E-state index in [1.54, 1.807) is 0 Å². The van der Waals surface area contributed by atoms with Gasteiger partial charge in [0.2, 0.25) is 5.88 Å². The lowest BCUT2D eigenvalue weighted by molar-refractivity contribution is -0.139. The molecule has 2 aromatic rings. The number of aliphatic hydroxyl groups excluding tert-OH is 1. The highest BCUT2D eigenvalue weighted by molar-refractivity contribution is 5.37. The Morgan fingerprint density at radius 2 is 1.79 bits per heavy atom. The molecule has 19 heavy (non-hydrogen) atoms. The van der Waals surface area contributed by atoms with Crippen LogP contribution in [0, 0.1) is 0 Å². The second kappa shape index (κ2) is 4.47. The molecule has 0 amide bonds. The molecule has 1 atom stereocenters.